The van der Waals surface area contributed by atoms with Crippen LogP contribution in [-0.2, 0) is 4.79 Å². The SMILES string of the molecule is O=C1CCCC2=C1[C@@H](c1ccc(Cl)cc1)N(C(=O)c1ccco1)c1ccccc1N2. The molecule has 30 heavy (non-hydrogen) atoms. The number of para-hydroxylation sites is 2. The van der Waals surface area contributed by atoms with Crippen LogP contribution in [0.4, 0.5) is 11.4 Å². The lowest BCUT2D eigenvalue weighted by molar-refractivity contribution is -0.116. The normalized spacial score (nSPS) is 18.4. The Hall–Kier alpha value is -3.31. The van der Waals surface area contributed by atoms with E-state index in [9.17, 15) is 9.59 Å². The number of rotatable bonds is 2. The summed E-state index contributed by atoms with van der Waals surface area (Å²) in [6, 6.07) is 17.6. The van der Waals surface area contributed by atoms with Crippen molar-refractivity contribution in [3.63, 3.8) is 0 Å². The number of Topliss-reactive ketones (excluding diaryl/α,β-unsaturated/α-hetero) is 1. The van der Waals surface area contributed by atoms with Crippen LogP contribution in [0.25, 0.3) is 0 Å². The third-order valence-corrected chi connectivity index (χ3v) is 5.83. The molecule has 1 amide bonds. The maximum absolute atomic E-state index is 13.7. The number of anilines is 2. The Bertz CT molecular complexity index is 1150. The molecule has 2 heterocycles. The second-order valence-corrected chi connectivity index (χ2v) is 7.85. The molecule has 150 valence electrons. The van der Waals surface area contributed by atoms with Gasteiger partial charge >= 0.3 is 0 Å². The van der Waals surface area contributed by atoms with Crippen LogP contribution in [0.15, 0.2) is 82.6 Å². The molecule has 1 N–H and O–H groups in total. The van der Waals surface area contributed by atoms with Crippen LogP contribution in [0.2, 0.25) is 5.02 Å². The van der Waals surface area contributed by atoms with E-state index in [0.717, 1.165) is 29.8 Å². The molecule has 5 nitrogen and oxygen atoms in total. The maximum atomic E-state index is 13.7. The van der Waals surface area contributed by atoms with E-state index >= 15 is 0 Å². The predicted molar refractivity (Wildman–Crippen MR) is 116 cm³/mol. The molecule has 0 saturated carbocycles. The maximum Gasteiger partial charge on any atom is 0.294 e. The molecule has 1 atom stereocenters. The van der Waals surface area contributed by atoms with E-state index in [1.165, 1.54) is 6.26 Å². The second-order valence-electron chi connectivity index (χ2n) is 7.42. The topological polar surface area (TPSA) is 62.6 Å². The van der Waals surface area contributed by atoms with Crippen molar-refractivity contribution in [1.82, 2.24) is 0 Å². The van der Waals surface area contributed by atoms with Crippen LogP contribution in [0, 0.1) is 0 Å². The van der Waals surface area contributed by atoms with Gasteiger partial charge in [-0.2, -0.15) is 0 Å². The van der Waals surface area contributed by atoms with Crippen molar-refractivity contribution in [3.8, 4) is 0 Å². The zero-order valence-corrected chi connectivity index (χ0v) is 16.9. The van der Waals surface area contributed by atoms with Crippen molar-refractivity contribution in [2.75, 3.05) is 10.2 Å². The monoisotopic (exact) mass is 418 g/mol. The highest BCUT2D eigenvalue weighted by atomic mass is 35.5. The number of halogens is 1. The molecule has 0 spiro atoms. The number of nitrogens with one attached hydrogen (secondary N) is 1. The van der Waals surface area contributed by atoms with E-state index in [2.05, 4.69) is 5.32 Å². The second kappa shape index (κ2) is 7.50. The fourth-order valence-corrected chi connectivity index (χ4v) is 4.36. The van der Waals surface area contributed by atoms with Gasteiger partial charge in [0.1, 0.15) is 0 Å². The number of fused-ring (bicyclic) bond motifs is 1. The van der Waals surface area contributed by atoms with Gasteiger partial charge in [0.15, 0.2) is 11.5 Å². The van der Waals surface area contributed by atoms with Gasteiger partial charge in [-0.1, -0.05) is 35.9 Å². The zero-order chi connectivity index (χ0) is 20.7. The summed E-state index contributed by atoms with van der Waals surface area (Å²) in [6.07, 6.45) is 3.47. The third kappa shape index (κ3) is 3.12. The number of nitrogens with zero attached hydrogens (tertiary/aromatic N) is 1. The van der Waals surface area contributed by atoms with Gasteiger partial charge in [-0.25, -0.2) is 0 Å². The predicted octanol–water partition coefficient (Wildman–Crippen LogP) is 5.75. The summed E-state index contributed by atoms with van der Waals surface area (Å²) in [5.41, 5.74) is 3.80. The first kappa shape index (κ1) is 18.7. The molecule has 0 fully saturated rings. The Morgan fingerprint density at radius 2 is 1.83 bits per heavy atom. The summed E-state index contributed by atoms with van der Waals surface area (Å²) in [5, 5.41) is 4.04. The smallest absolute Gasteiger partial charge is 0.294 e. The van der Waals surface area contributed by atoms with Crippen molar-refractivity contribution in [2.45, 2.75) is 25.3 Å². The summed E-state index contributed by atoms with van der Waals surface area (Å²) < 4.78 is 5.44. The standard InChI is InChI=1S/C24H19ClN2O3/c25-16-12-10-15(11-13-16)23-22-18(6-3-8-20(22)28)26-17-5-1-2-7-19(17)27(23)24(29)21-9-4-14-30-21/h1-2,4-5,7,9-14,23,26H,3,6,8H2/t23-/m1/s1. The molecule has 2 aromatic carbocycles. The van der Waals surface area contributed by atoms with Gasteiger partial charge in [-0.05, 0) is 54.8 Å². The Labute approximate surface area is 178 Å². The summed E-state index contributed by atoms with van der Waals surface area (Å²) in [6.45, 7) is 0. The van der Waals surface area contributed by atoms with Crippen molar-refractivity contribution in [1.29, 1.82) is 0 Å². The van der Waals surface area contributed by atoms with Crippen molar-refractivity contribution in [3.05, 3.63) is 94.5 Å². The average molecular weight is 419 g/mol. The highest BCUT2D eigenvalue weighted by Crippen LogP contribution is 2.45. The first-order chi connectivity index (χ1) is 14.6. The highest BCUT2D eigenvalue weighted by molar-refractivity contribution is 6.30. The molecule has 1 aliphatic heterocycles. The number of furan rings is 1. The molecule has 3 aromatic rings. The van der Waals surface area contributed by atoms with Crippen molar-refractivity contribution >= 4 is 34.7 Å². The fraction of sp³-hybridized carbons (Fsp3) is 0.167. The van der Waals surface area contributed by atoms with E-state index in [1.807, 2.05) is 36.4 Å². The Balaban J connectivity index is 1.78. The van der Waals surface area contributed by atoms with Gasteiger partial charge in [-0.15, -0.1) is 0 Å². The number of carbonyl (C=O) groups is 2. The van der Waals surface area contributed by atoms with Gasteiger partial charge in [0.05, 0.1) is 23.7 Å². The summed E-state index contributed by atoms with van der Waals surface area (Å²) in [7, 11) is 0. The van der Waals surface area contributed by atoms with Gasteiger partial charge in [0.2, 0.25) is 0 Å². The van der Waals surface area contributed by atoms with E-state index in [0.29, 0.717) is 22.7 Å². The van der Waals surface area contributed by atoms with E-state index < -0.39 is 6.04 Å². The summed E-state index contributed by atoms with van der Waals surface area (Å²) in [5.74, 6) is -0.0360. The van der Waals surface area contributed by atoms with E-state index in [1.54, 1.807) is 29.2 Å². The number of hydrogen-bond acceptors (Lipinski definition) is 4. The molecule has 0 bridgehead atoms. The molecule has 0 saturated heterocycles. The lowest BCUT2D eigenvalue weighted by atomic mass is 9.85. The van der Waals surface area contributed by atoms with Gasteiger partial charge in [-0.3, -0.25) is 14.5 Å². The highest BCUT2D eigenvalue weighted by Gasteiger charge is 2.40. The Kier molecular flexibility index (Phi) is 4.68. The number of carbonyl (C=O) groups excluding carboxylic acids is 2. The minimum atomic E-state index is -0.584. The van der Waals surface area contributed by atoms with Crippen LogP contribution in [0.3, 0.4) is 0 Å². The number of allylic oxidation sites excluding steroid dienone is 1. The Morgan fingerprint density at radius 3 is 2.60 bits per heavy atom. The molecule has 0 unspecified atom stereocenters. The quantitative estimate of drug-likeness (QED) is 0.575. The van der Waals surface area contributed by atoms with Crippen LogP contribution in [-0.4, -0.2) is 11.7 Å². The first-order valence-corrected chi connectivity index (χ1v) is 10.3. The minimum Gasteiger partial charge on any atom is -0.459 e. The Morgan fingerprint density at radius 1 is 1.03 bits per heavy atom. The van der Waals surface area contributed by atoms with E-state index in [4.69, 9.17) is 16.0 Å². The van der Waals surface area contributed by atoms with Crippen LogP contribution < -0.4 is 10.2 Å². The lowest BCUT2D eigenvalue weighted by Crippen LogP contribution is -2.37. The summed E-state index contributed by atoms with van der Waals surface area (Å²) in [4.78, 5) is 28.5. The molecule has 2 aliphatic rings. The molecule has 0 radical (unpaired) electrons. The number of amides is 1. The molecule has 1 aromatic heterocycles. The zero-order valence-electron chi connectivity index (χ0n) is 16.1. The van der Waals surface area contributed by atoms with Crippen LogP contribution in [0.5, 0.6) is 0 Å². The van der Waals surface area contributed by atoms with Gasteiger partial charge in [0, 0.05) is 22.7 Å². The van der Waals surface area contributed by atoms with Gasteiger partial charge in [0.25, 0.3) is 5.91 Å². The average Bonchev–Trinajstić information content (AvgIpc) is 3.24. The third-order valence-electron chi connectivity index (χ3n) is 5.57. The van der Waals surface area contributed by atoms with E-state index in [-0.39, 0.29) is 17.5 Å². The molecule has 5 rings (SSSR count). The number of hydrogen-bond donors (Lipinski definition) is 1. The molecular formula is C24H19ClN2O3. The fourth-order valence-electron chi connectivity index (χ4n) is 4.24. The number of ketones is 1. The molecular weight excluding hydrogens is 400 g/mol. The van der Waals surface area contributed by atoms with Crippen molar-refractivity contribution in [2.24, 2.45) is 0 Å². The molecule has 1 aliphatic carbocycles. The minimum absolute atomic E-state index is 0.0498. The summed E-state index contributed by atoms with van der Waals surface area (Å²) >= 11 is 6.12. The van der Waals surface area contributed by atoms with Crippen molar-refractivity contribution < 1.29 is 14.0 Å². The lowest BCUT2D eigenvalue weighted by Gasteiger charge is -2.33. The van der Waals surface area contributed by atoms with Crippen LogP contribution in [0.1, 0.15) is 41.4 Å². The van der Waals surface area contributed by atoms with Gasteiger partial charge < -0.3 is 9.73 Å². The largest absolute Gasteiger partial charge is 0.459 e. The van der Waals surface area contributed by atoms with Crippen LogP contribution >= 0.6 is 11.6 Å². The number of benzene rings is 2. The molecule has 6 heteroatoms. The first-order valence-electron chi connectivity index (χ1n) is 9.88.